The van der Waals surface area contributed by atoms with Crippen molar-refractivity contribution in [2.45, 2.75) is 38.6 Å². The summed E-state index contributed by atoms with van der Waals surface area (Å²) in [6.07, 6.45) is 4.13. The number of esters is 1. The van der Waals surface area contributed by atoms with E-state index in [9.17, 15) is 14.5 Å². The molecule has 40 heavy (non-hydrogen) atoms. The number of cyclic esters (lactones) is 1. The third-order valence-corrected chi connectivity index (χ3v) is 7.26. The summed E-state index contributed by atoms with van der Waals surface area (Å²) in [5, 5.41) is 10.3. The summed E-state index contributed by atoms with van der Waals surface area (Å²) in [6.45, 7) is -0.907. The van der Waals surface area contributed by atoms with E-state index in [1.54, 1.807) is 73.3 Å². The quantitative estimate of drug-likeness (QED) is 0.0989. The van der Waals surface area contributed by atoms with Crippen LogP contribution in [0.2, 0.25) is 0 Å². The van der Waals surface area contributed by atoms with Gasteiger partial charge in [0.15, 0.2) is 11.9 Å². The number of phosphoric ester groups is 1. The van der Waals surface area contributed by atoms with Gasteiger partial charge in [-0.15, -0.1) is 0 Å². The smallest absolute Gasteiger partial charge is 0.476 e. The Labute approximate surface area is 229 Å². The molecule has 0 unspecified atom stereocenters. The first-order chi connectivity index (χ1) is 19.5. The average Bonchev–Trinajstić information content (AvgIpc) is 3.79. The zero-order chi connectivity index (χ0) is 27.8. The van der Waals surface area contributed by atoms with Crippen LogP contribution in [0.5, 0.6) is 0 Å². The molecule has 5 rings (SSSR count). The Morgan fingerprint density at radius 3 is 1.70 bits per heavy atom. The number of rotatable bonds is 16. The lowest BCUT2D eigenvalue weighted by Gasteiger charge is -2.26. The van der Waals surface area contributed by atoms with Crippen LogP contribution in [-0.4, -0.2) is 49.8 Å². The van der Waals surface area contributed by atoms with E-state index in [0.717, 1.165) is 0 Å². The van der Waals surface area contributed by atoms with Crippen molar-refractivity contribution in [2.24, 2.45) is 0 Å². The van der Waals surface area contributed by atoms with Crippen molar-refractivity contribution in [3.05, 3.63) is 108 Å². The molecule has 14 heteroatoms. The number of hydrogen-bond acceptors (Lipinski definition) is 9. The fraction of sp³-hybridized carbons (Fsp3) is 0.269. The first-order valence-electron chi connectivity index (χ1n) is 12.4. The minimum absolute atomic E-state index is 0.0227. The molecule has 5 heterocycles. The maximum Gasteiger partial charge on any atom is 0.476 e. The normalized spacial score (nSPS) is 16.3. The lowest BCUT2D eigenvalue weighted by atomic mass is 10.2. The molecule has 212 valence electrons. The number of H-pyrrole nitrogens is 4. The summed E-state index contributed by atoms with van der Waals surface area (Å²) in [5.74, 6) is -1.04. The maximum atomic E-state index is 13.8. The maximum absolute atomic E-state index is 13.8. The van der Waals surface area contributed by atoms with Crippen molar-refractivity contribution in [2.75, 3.05) is 6.61 Å². The van der Waals surface area contributed by atoms with Gasteiger partial charge in [0, 0.05) is 36.2 Å². The highest BCUT2D eigenvalue weighted by Crippen LogP contribution is 2.53. The van der Waals surface area contributed by atoms with E-state index in [1.165, 1.54) is 0 Å². The molecule has 0 amide bonds. The summed E-state index contributed by atoms with van der Waals surface area (Å²) in [6, 6.07) is 14.2. The van der Waals surface area contributed by atoms with Crippen molar-refractivity contribution in [1.82, 2.24) is 19.9 Å². The molecule has 0 aromatic carbocycles. The first kappa shape index (κ1) is 27.6. The third-order valence-electron chi connectivity index (χ3n) is 5.84. The second-order valence-electron chi connectivity index (χ2n) is 8.70. The van der Waals surface area contributed by atoms with Gasteiger partial charge in [0.25, 0.3) is 0 Å². The molecule has 0 aliphatic carbocycles. The zero-order valence-corrected chi connectivity index (χ0v) is 22.2. The number of ether oxygens (including phenoxy) is 3. The number of aliphatic hydroxyl groups excluding tert-OH is 1. The largest absolute Gasteiger partial charge is 0.484 e. The monoisotopic (exact) mass is 572 g/mol. The van der Waals surface area contributed by atoms with Crippen molar-refractivity contribution in [3.8, 4) is 0 Å². The van der Waals surface area contributed by atoms with Gasteiger partial charge in [-0.2, -0.15) is 0 Å². The first-order valence-corrected chi connectivity index (χ1v) is 13.9. The second kappa shape index (κ2) is 12.9. The SMILES string of the molecule is O=C1O[C@H]([C@H](CO)OP(=O)(OCc2ccc[nH]2)OCc2ccc[nH]2)C(OCc2ccc[nH]2)=C1OCc1ccc[nH]1. The van der Waals surface area contributed by atoms with E-state index in [2.05, 4.69) is 19.9 Å². The van der Waals surface area contributed by atoms with E-state index in [4.69, 9.17) is 27.8 Å². The third kappa shape index (κ3) is 6.95. The fourth-order valence-corrected chi connectivity index (χ4v) is 5.15. The second-order valence-corrected chi connectivity index (χ2v) is 10.3. The van der Waals surface area contributed by atoms with Gasteiger partial charge in [0.1, 0.15) is 19.3 Å². The average molecular weight is 573 g/mol. The van der Waals surface area contributed by atoms with Crippen LogP contribution >= 0.6 is 7.82 Å². The van der Waals surface area contributed by atoms with Gasteiger partial charge in [-0.25, -0.2) is 9.36 Å². The molecule has 0 saturated heterocycles. The highest BCUT2D eigenvalue weighted by Gasteiger charge is 2.46. The van der Waals surface area contributed by atoms with Crippen molar-refractivity contribution < 1.29 is 42.2 Å². The summed E-state index contributed by atoms with van der Waals surface area (Å²) in [4.78, 5) is 24.8. The zero-order valence-electron chi connectivity index (χ0n) is 21.3. The number of nitrogens with one attached hydrogen (secondary N) is 4. The van der Waals surface area contributed by atoms with Crippen LogP contribution in [0.25, 0.3) is 0 Å². The molecule has 0 bridgehead atoms. The van der Waals surface area contributed by atoms with Gasteiger partial charge in [0.2, 0.25) is 5.76 Å². The summed E-state index contributed by atoms with van der Waals surface area (Å²) < 4.78 is 47.9. The number of carbonyl (C=O) groups excluding carboxylic acids is 1. The van der Waals surface area contributed by atoms with Gasteiger partial charge >= 0.3 is 13.8 Å². The molecule has 5 N–H and O–H groups in total. The molecule has 4 aromatic rings. The molecule has 0 spiro atoms. The molecule has 0 saturated carbocycles. The number of aromatic amines is 4. The van der Waals surface area contributed by atoms with Crippen LogP contribution in [0, 0.1) is 0 Å². The predicted octanol–water partition coefficient (Wildman–Crippen LogP) is 3.79. The van der Waals surface area contributed by atoms with Crippen LogP contribution in [-0.2, 0) is 63.6 Å². The summed E-state index contributed by atoms with van der Waals surface area (Å²) in [5.41, 5.74) is 2.66. The highest BCUT2D eigenvalue weighted by molar-refractivity contribution is 7.48. The highest BCUT2D eigenvalue weighted by atomic mass is 31.2. The van der Waals surface area contributed by atoms with Crippen LogP contribution in [0.4, 0.5) is 0 Å². The lowest BCUT2D eigenvalue weighted by Crippen LogP contribution is -2.35. The van der Waals surface area contributed by atoms with Gasteiger partial charge in [-0.3, -0.25) is 13.6 Å². The molecule has 1 aliphatic rings. The molecular formula is C26H29N4O9P. The number of carbonyl (C=O) groups is 1. The standard InChI is InChI=1S/C26H29N4O9P/c31-13-22(39-40(33,36-16-20-7-3-11-29-20)37-17-21-8-4-12-30-21)23-24(34-14-18-5-1-9-27-18)25(26(32)38-23)35-15-19-6-2-10-28-19/h1-12,22-23,27-31H,13-17H2/t22-,23+/m0/s1. The van der Waals surface area contributed by atoms with Crippen molar-refractivity contribution in [1.29, 1.82) is 0 Å². The van der Waals surface area contributed by atoms with Crippen molar-refractivity contribution in [3.63, 3.8) is 0 Å². The molecule has 0 radical (unpaired) electrons. The van der Waals surface area contributed by atoms with Crippen LogP contribution < -0.4 is 0 Å². The number of aliphatic hydroxyl groups is 1. The lowest BCUT2D eigenvalue weighted by molar-refractivity contribution is -0.148. The topological polar surface area (TPSA) is 173 Å². The number of aromatic nitrogens is 4. The minimum atomic E-state index is -4.34. The summed E-state index contributed by atoms with van der Waals surface area (Å²) in [7, 11) is -4.34. The van der Waals surface area contributed by atoms with Gasteiger partial charge in [-0.05, 0) is 48.5 Å². The Morgan fingerprint density at radius 2 is 1.25 bits per heavy atom. The van der Waals surface area contributed by atoms with Crippen LogP contribution in [0.3, 0.4) is 0 Å². The van der Waals surface area contributed by atoms with Crippen molar-refractivity contribution >= 4 is 13.8 Å². The Bertz CT molecular complexity index is 1360. The van der Waals surface area contributed by atoms with E-state index < -0.39 is 32.6 Å². The van der Waals surface area contributed by atoms with Crippen LogP contribution in [0.1, 0.15) is 22.8 Å². The Kier molecular flexibility index (Phi) is 8.89. The Morgan fingerprint density at radius 1 is 0.775 bits per heavy atom. The predicted molar refractivity (Wildman–Crippen MR) is 139 cm³/mol. The molecule has 0 fully saturated rings. The Balaban J connectivity index is 1.37. The van der Waals surface area contributed by atoms with E-state index in [1.807, 2.05) is 0 Å². The van der Waals surface area contributed by atoms with E-state index in [0.29, 0.717) is 22.8 Å². The Hall–Kier alpha value is -4.00. The molecule has 1 aliphatic heterocycles. The summed E-state index contributed by atoms with van der Waals surface area (Å²) >= 11 is 0. The van der Waals surface area contributed by atoms with E-state index >= 15 is 0 Å². The van der Waals surface area contributed by atoms with Gasteiger partial charge < -0.3 is 39.3 Å². The molecule has 2 atom stereocenters. The van der Waals surface area contributed by atoms with Gasteiger partial charge in [0.05, 0.1) is 31.2 Å². The molecule has 13 nitrogen and oxygen atoms in total. The van der Waals surface area contributed by atoms with Gasteiger partial charge in [-0.1, -0.05) is 0 Å². The minimum Gasteiger partial charge on any atom is -0.484 e. The number of phosphoric acid groups is 1. The van der Waals surface area contributed by atoms with Crippen LogP contribution in [0.15, 0.2) is 84.8 Å². The van der Waals surface area contributed by atoms with E-state index in [-0.39, 0.29) is 37.9 Å². The molecular weight excluding hydrogens is 543 g/mol. The number of hydrogen-bond donors (Lipinski definition) is 5. The molecule has 4 aromatic heterocycles. The fourth-order valence-electron chi connectivity index (χ4n) is 3.85.